The quantitative estimate of drug-likeness (QED) is 0.801. The molecule has 5 nitrogen and oxygen atoms in total. The summed E-state index contributed by atoms with van der Waals surface area (Å²) < 4.78 is 26.3. The van der Waals surface area contributed by atoms with Gasteiger partial charge in [-0.2, -0.15) is 4.31 Å². The molecule has 0 amide bonds. The molecule has 0 saturated carbocycles. The fraction of sp³-hybridized carbons (Fsp3) is 0.235. The summed E-state index contributed by atoms with van der Waals surface area (Å²) in [7, 11) is -2.72. The molecule has 0 unspecified atom stereocenters. The highest BCUT2D eigenvalue weighted by atomic mass is 35.5. The van der Waals surface area contributed by atoms with Crippen molar-refractivity contribution in [2.45, 2.75) is 24.3 Å². The van der Waals surface area contributed by atoms with Crippen molar-refractivity contribution < 1.29 is 18.3 Å². The molecule has 0 heterocycles. The number of likely N-dealkylation sites (N-methyl/N-ethyl adjacent to an activating group) is 1. The second-order valence-electron chi connectivity index (χ2n) is 5.60. The predicted octanol–water partition coefficient (Wildman–Crippen LogP) is 3.62. The number of nitrogens with zero attached hydrogens (tertiary/aromatic N) is 1. The Bertz CT molecular complexity index is 882. The number of sulfonamides is 1. The van der Waals surface area contributed by atoms with Crippen LogP contribution in [0, 0.1) is 6.92 Å². The van der Waals surface area contributed by atoms with Crippen molar-refractivity contribution in [3.8, 4) is 0 Å². The summed E-state index contributed by atoms with van der Waals surface area (Å²) in [4.78, 5) is 11.7. The van der Waals surface area contributed by atoms with Crippen molar-refractivity contribution in [1.82, 2.24) is 4.31 Å². The zero-order valence-electron chi connectivity index (χ0n) is 13.6. The highest BCUT2D eigenvalue weighted by molar-refractivity contribution is 7.89. The minimum atomic E-state index is -3.97. The van der Waals surface area contributed by atoms with Gasteiger partial charge in [-0.3, -0.25) is 4.79 Å². The van der Waals surface area contributed by atoms with E-state index in [2.05, 4.69) is 0 Å². The first-order valence-corrected chi connectivity index (χ1v) is 9.54. The van der Waals surface area contributed by atoms with Gasteiger partial charge in [0, 0.05) is 17.1 Å². The number of halogens is 2. The predicted molar refractivity (Wildman–Crippen MR) is 97.7 cm³/mol. The third kappa shape index (κ3) is 4.52. The molecule has 0 aromatic heterocycles. The summed E-state index contributed by atoms with van der Waals surface area (Å²) in [5.41, 5.74) is 1.52. The number of carboxylic acids is 1. The van der Waals surface area contributed by atoms with Gasteiger partial charge in [0.25, 0.3) is 0 Å². The molecule has 2 aromatic carbocycles. The van der Waals surface area contributed by atoms with E-state index in [0.29, 0.717) is 10.0 Å². The van der Waals surface area contributed by atoms with Crippen LogP contribution in [-0.4, -0.2) is 36.9 Å². The van der Waals surface area contributed by atoms with Crippen molar-refractivity contribution in [2.24, 2.45) is 0 Å². The van der Waals surface area contributed by atoms with E-state index in [1.807, 2.05) is 0 Å². The SMILES string of the molecule is Cc1cc(Cl)ccc1C[C@@H](C(=O)O)N(C)S(=O)(=O)c1ccc(Cl)cc1. The Morgan fingerprint density at radius 1 is 1.12 bits per heavy atom. The van der Waals surface area contributed by atoms with Crippen LogP contribution in [0.4, 0.5) is 0 Å². The first-order valence-electron chi connectivity index (χ1n) is 7.34. The Hall–Kier alpha value is -1.60. The lowest BCUT2D eigenvalue weighted by atomic mass is 10.0. The molecule has 0 aliphatic heterocycles. The number of carboxylic acid groups (broad SMARTS) is 1. The van der Waals surface area contributed by atoms with Crippen LogP contribution in [0.1, 0.15) is 11.1 Å². The molecular formula is C17H17Cl2NO4S. The fourth-order valence-corrected chi connectivity index (χ4v) is 4.07. The van der Waals surface area contributed by atoms with Gasteiger partial charge in [0.1, 0.15) is 6.04 Å². The summed E-state index contributed by atoms with van der Waals surface area (Å²) >= 11 is 11.7. The van der Waals surface area contributed by atoms with Gasteiger partial charge in [-0.25, -0.2) is 8.42 Å². The monoisotopic (exact) mass is 401 g/mol. The van der Waals surface area contributed by atoms with Gasteiger partial charge in [0.05, 0.1) is 4.90 Å². The summed E-state index contributed by atoms with van der Waals surface area (Å²) in [5, 5.41) is 10.5. The summed E-state index contributed by atoms with van der Waals surface area (Å²) in [6.45, 7) is 1.80. The second-order valence-corrected chi connectivity index (χ2v) is 8.47. The number of carbonyl (C=O) groups is 1. The number of benzene rings is 2. The molecule has 0 radical (unpaired) electrons. The van der Waals surface area contributed by atoms with E-state index >= 15 is 0 Å². The van der Waals surface area contributed by atoms with Gasteiger partial charge in [0.15, 0.2) is 0 Å². The van der Waals surface area contributed by atoms with Crippen LogP contribution in [0.25, 0.3) is 0 Å². The summed E-state index contributed by atoms with van der Waals surface area (Å²) in [5.74, 6) is -1.23. The molecule has 2 aromatic rings. The molecular weight excluding hydrogens is 385 g/mol. The number of aliphatic carboxylic acids is 1. The number of rotatable bonds is 6. The zero-order chi connectivity index (χ0) is 18.8. The first kappa shape index (κ1) is 19.7. The third-order valence-corrected chi connectivity index (χ3v) is 6.30. The maximum Gasteiger partial charge on any atom is 0.322 e. The normalized spacial score (nSPS) is 13.0. The summed E-state index contributed by atoms with van der Waals surface area (Å²) in [6.07, 6.45) is 0.0294. The molecule has 0 spiro atoms. The largest absolute Gasteiger partial charge is 0.480 e. The standard InChI is InChI=1S/C17H17Cl2NO4S/c1-11-9-14(19)4-3-12(11)10-16(17(21)22)20(2)25(23,24)15-7-5-13(18)6-8-15/h3-9,16H,10H2,1-2H3,(H,21,22)/t16-/m0/s1. The average molecular weight is 402 g/mol. The van der Waals surface area contributed by atoms with Crippen LogP contribution < -0.4 is 0 Å². The molecule has 2 rings (SSSR count). The maximum absolute atomic E-state index is 12.7. The lowest BCUT2D eigenvalue weighted by Crippen LogP contribution is -2.43. The maximum atomic E-state index is 12.7. The van der Waals surface area contributed by atoms with E-state index < -0.39 is 22.0 Å². The average Bonchev–Trinajstić information content (AvgIpc) is 2.53. The third-order valence-electron chi connectivity index (χ3n) is 3.93. The van der Waals surface area contributed by atoms with Gasteiger partial charge in [0.2, 0.25) is 10.0 Å². The Morgan fingerprint density at radius 2 is 1.68 bits per heavy atom. The van der Waals surface area contributed by atoms with Gasteiger partial charge < -0.3 is 5.11 Å². The Kier molecular flexibility index (Phi) is 6.11. The van der Waals surface area contributed by atoms with E-state index in [9.17, 15) is 18.3 Å². The highest BCUT2D eigenvalue weighted by Gasteiger charge is 2.33. The smallest absolute Gasteiger partial charge is 0.322 e. The molecule has 0 aliphatic rings. The van der Waals surface area contributed by atoms with Crippen molar-refractivity contribution in [1.29, 1.82) is 0 Å². The van der Waals surface area contributed by atoms with Gasteiger partial charge in [-0.15, -0.1) is 0 Å². The zero-order valence-corrected chi connectivity index (χ0v) is 15.9. The number of hydrogen-bond donors (Lipinski definition) is 1. The van der Waals surface area contributed by atoms with Crippen molar-refractivity contribution in [3.05, 3.63) is 63.6 Å². The molecule has 134 valence electrons. The van der Waals surface area contributed by atoms with Crippen LogP contribution in [0.2, 0.25) is 10.0 Å². The van der Waals surface area contributed by atoms with E-state index in [4.69, 9.17) is 23.2 Å². The number of aryl methyl sites for hydroxylation is 1. The van der Waals surface area contributed by atoms with Crippen molar-refractivity contribution >= 4 is 39.2 Å². The molecule has 25 heavy (non-hydrogen) atoms. The second kappa shape index (κ2) is 7.74. The lowest BCUT2D eigenvalue weighted by Gasteiger charge is -2.25. The van der Waals surface area contributed by atoms with Gasteiger partial charge in [-0.1, -0.05) is 29.3 Å². The van der Waals surface area contributed by atoms with E-state index in [1.165, 1.54) is 31.3 Å². The molecule has 0 aliphatic carbocycles. The van der Waals surface area contributed by atoms with Crippen molar-refractivity contribution in [3.63, 3.8) is 0 Å². The van der Waals surface area contributed by atoms with Crippen LogP contribution in [0.3, 0.4) is 0 Å². The lowest BCUT2D eigenvalue weighted by molar-refractivity contribution is -0.141. The highest BCUT2D eigenvalue weighted by Crippen LogP contribution is 2.23. The topological polar surface area (TPSA) is 74.7 Å². The van der Waals surface area contributed by atoms with Crippen molar-refractivity contribution in [2.75, 3.05) is 7.05 Å². The minimum absolute atomic E-state index is 0.0153. The van der Waals surface area contributed by atoms with Crippen LogP contribution in [0.15, 0.2) is 47.4 Å². The minimum Gasteiger partial charge on any atom is -0.480 e. The molecule has 1 atom stereocenters. The van der Waals surface area contributed by atoms with E-state index in [0.717, 1.165) is 15.4 Å². The van der Waals surface area contributed by atoms with E-state index in [1.54, 1.807) is 25.1 Å². The number of hydrogen-bond acceptors (Lipinski definition) is 3. The molecule has 1 N–H and O–H groups in total. The van der Waals surface area contributed by atoms with Crippen LogP contribution in [-0.2, 0) is 21.2 Å². The Labute approximate surface area is 156 Å². The summed E-state index contributed by atoms with van der Waals surface area (Å²) in [6, 6.07) is 9.40. The first-order chi connectivity index (χ1) is 11.6. The van der Waals surface area contributed by atoms with E-state index in [-0.39, 0.29) is 11.3 Å². The molecule has 8 heteroatoms. The Balaban J connectivity index is 2.35. The fourth-order valence-electron chi connectivity index (χ4n) is 2.41. The Morgan fingerprint density at radius 3 is 2.20 bits per heavy atom. The van der Waals surface area contributed by atoms with Gasteiger partial charge in [-0.05, 0) is 60.9 Å². The van der Waals surface area contributed by atoms with Gasteiger partial charge >= 0.3 is 5.97 Å². The van der Waals surface area contributed by atoms with Crippen LogP contribution >= 0.6 is 23.2 Å². The molecule has 0 saturated heterocycles. The molecule has 0 bridgehead atoms. The van der Waals surface area contributed by atoms with Crippen LogP contribution in [0.5, 0.6) is 0 Å². The molecule has 0 fully saturated rings.